The number of nitrogens with one attached hydrogen (secondary N) is 1. The summed E-state index contributed by atoms with van der Waals surface area (Å²) >= 11 is 0. The number of para-hydroxylation sites is 1. The van der Waals surface area contributed by atoms with Crippen LogP contribution in [0.15, 0.2) is 24.3 Å². The van der Waals surface area contributed by atoms with Crippen molar-refractivity contribution in [3.8, 4) is 0 Å². The van der Waals surface area contributed by atoms with Crippen LogP contribution in [0.2, 0.25) is 0 Å². The van der Waals surface area contributed by atoms with E-state index < -0.39 is 0 Å². The normalized spacial score (nSPS) is 25.3. The fourth-order valence-electron chi connectivity index (χ4n) is 5.26. The predicted molar refractivity (Wildman–Crippen MR) is 107 cm³/mol. The molecular formula is C22H31N3O2. The largest absolute Gasteiger partial charge is 0.354 e. The molecule has 2 amide bonds. The van der Waals surface area contributed by atoms with Gasteiger partial charge in [-0.2, -0.15) is 0 Å². The van der Waals surface area contributed by atoms with E-state index in [1.165, 1.54) is 24.8 Å². The molecule has 1 saturated carbocycles. The minimum atomic E-state index is -0.316. The second-order valence-electron chi connectivity index (χ2n) is 8.41. The average Bonchev–Trinajstić information content (AvgIpc) is 3.25. The molecule has 27 heavy (non-hydrogen) atoms. The van der Waals surface area contributed by atoms with Crippen molar-refractivity contribution in [1.82, 2.24) is 10.2 Å². The molecular weight excluding hydrogens is 338 g/mol. The predicted octanol–water partition coefficient (Wildman–Crippen LogP) is 3.05. The average molecular weight is 370 g/mol. The van der Waals surface area contributed by atoms with E-state index in [2.05, 4.69) is 16.3 Å². The highest BCUT2D eigenvalue weighted by atomic mass is 16.2. The van der Waals surface area contributed by atoms with E-state index in [0.717, 1.165) is 44.5 Å². The van der Waals surface area contributed by atoms with E-state index in [-0.39, 0.29) is 23.3 Å². The van der Waals surface area contributed by atoms with Gasteiger partial charge in [-0.3, -0.25) is 14.5 Å². The fourth-order valence-corrected chi connectivity index (χ4v) is 5.26. The number of carbonyl (C=O) groups is 2. The molecule has 1 atom stereocenters. The van der Waals surface area contributed by atoms with Gasteiger partial charge in [-0.1, -0.05) is 37.5 Å². The summed E-state index contributed by atoms with van der Waals surface area (Å²) in [5.74, 6) is 0.376. The summed E-state index contributed by atoms with van der Waals surface area (Å²) in [6.07, 6.45) is 8.32. The SMILES string of the molecule is CN1C(=O)CC(CNC(=O)C2(N3CCCC3)CCCCC2)c2ccccc21. The van der Waals surface area contributed by atoms with Crippen molar-refractivity contribution in [2.24, 2.45) is 0 Å². The molecule has 2 heterocycles. The van der Waals surface area contributed by atoms with Crippen LogP contribution in [0, 0.1) is 0 Å². The van der Waals surface area contributed by atoms with Crippen LogP contribution >= 0.6 is 0 Å². The number of benzene rings is 1. The first-order valence-electron chi connectivity index (χ1n) is 10.5. The Morgan fingerprint density at radius 3 is 2.56 bits per heavy atom. The van der Waals surface area contributed by atoms with E-state index in [4.69, 9.17) is 0 Å². The Bertz CT molecular complexity index is 705. The molecule has 5 nitrogen and oxygen atoms in total. The number of carbonyl (C=O) groups excluding carboxylic acids is 2. The number of amides is 2. The number of likely N-dealkylation sites (tertiary alicyclic amines) is 1. The van der Waals surface area contributed by atoms with Gasteiger partial charge in [0.2, 0.25) is 11.8 Å². The maximum absolute atomic E-state index is 13.4. The van der Waals surface area contributed by atoms with Gasteiger partial charge in [-0.25, -0.2) is 0 Å². The summed E-state index contributed by atoms with van der Waals surface area (Å²) in [4.78, 5) is 29.9. The van der Waals surface area contributed by atoms with Crippen molar-refractivity contribution < 1.29 is 9.59 Å². The van der Waals surface area contributed by atoms with Gasteiger partial charge in [-0.05, 0) is 50.4 Å². The van der Waals surface area contributed by atoms with Crippen LogP contribution in [-0.4, -0.2) is 48.9 Å². The highest BCUT2D eigenvalue weighted by Crippen LogP contribution is 2.37. The maximum atomic E-state index is 13.4. The molecule has 1 saturated heterocycles. The molecule has 0 spiro atoms. The fraction of sp³-hybridized carbons (Fsp3) is 0.636. The number of hydrogen-bond acceptors (Lipinski definition) is 3. The summed E-state index contributed by atoms with van der Waals surface area (Å²) in [5, 5.41) is 3.26. The highest BCUT2D eigenvalue weighted by molar-refractivity contribution is 5.96. The zero-order valence-electron chi connectivity index (χ0n) is 16.4. The minimum absolute atomic E-state index is 0.0630. The minimum Gasteiger partial charge on any atom is -0.354 e. The molecule has 0 aromatic heterocycles. The number of anilines is 1. The highest BCUT2D eigenvalue weighted by Gasteiger charge is 2.45. The van der Waals surface area contributed by atoms with E-state index >= 15 is 0 Å². The smallest absolute Gasteiger partial charge is 0.240 e. The van der Waals surface area contributed by atoms with Crippen LogP contribution in [0.1, 0.15) is 62.8 Å². The van der Waals surface area contributed by atoms with Crippen LogP contribution in [0.25, 0.3) is 0 Å². The number of fused-ring (bicyclic) bond motifs is 1. The van der Waals surface area contributed by atoms with Gasteiger partial charge in [0.15, 0.2) is 0 Å². The van der Waals surface area contributed by atoms with Crippen LogP contribution in [0.5, 0.6) is 0 Å². The Kier molecular flexibility index (Phi) is 5.22. The molecule has 3 aliphatic rings. The lowest BCUT2D eigenvalue weighted by Gasteiger charge is -2.43. The van der Waals surface area contributed by atoms with Gasteiger partial charge in [0.1, 0.15) is 5.54 Å². The third-order valence-corrected chi connectivity index (χ3v) is 6.86. The van der Waals surface area contributed by atoms with Gasteiger partial charge in [0.25, 0.3) is 0 Å². The summed E-state index contributed by atoms with van der Waals surface area (Å²) in [6.45, 7) is 2.64. The lowest BCUT2D eigenvalue weighted by atomic mass is 9.79. The van der Waals surface area contributed by atoms with Crippen molar-refractivity contribution >= 4 is 17.5 Å². The van der Waals surface area contributed by atoms with Gasteiger partial charge in [-0.15, -0.1) is 0 Å². The van der Waals surface area contributed by atoms with Crippen LogP contribution < -0.4 is 10.2 Å². The lowest BCUT2D eigenvalue weighted by molar-refractivity contribution is -0.135. The first-order chi connectivity index (χ1) is 13.1. The summed E-state index contributed by atoms with van der Waals surface area (Å²) in [7, 11) is 1.83. The van der Waals surface area contributed by atoms with E-state index in [1.54, 1.807) is 4.90 Å². The van der Waals surface area contributed by atoms with Crippen LogP contribution in [-0.2, 0) is 9.59 Å². The van der Waals surface area contributed by atoms with Gasteiger partial charge in [0.05, 0.1) is 0 Å². The molecule has 1 aromatic carbocycles. The molecule has 0 radical (unpaired) electrons. The third kappa shape index (κ3) is 3.38. The van der Waals surface area contributed by atoms with Crippen molar-refractivity contribution in [1.29, 1.82) is 0 Å². The van der Waals surface area contributed by atoms with Crippen LogP contribution in [0.4, 0.5) is 5.69 Å². The summed E-state index contributed by atoms with van der Waals surface area (Å²) < 4.78 is 0. The first-order valence-corrected chi connectivity index (χ1v) is 10.5. The van der Waals surface area contributed by atoms with E-state index in [9.17, 15) is 9.59 Å². The molecule has 2 aliphatic heterocycles. The Hall–Kier alpha value is -1.88. The number of nitrogens with zero attached hydrogens (tertiary/aromatic N) is 2. The first kappa shape index (κ1) is 18.5. The molecule has 146 valence electrons. The zero-order chi connectivity index (χ0) is 18.9. The Morgan fingerprint density at radius 2 is 1.81 bits per heavy atom. The zero-order valence-corrected chi connectivity index (χ0v) is 16.4. The standard InChI is InChI=1S/C22H31N3O2/c1-24-19-10-4-3-9-18(19)17(15-20(24)26)16-23-21(27)22(11-5-2-6-12-22)25-13-7-8-14-25/h3-4,9-10,17H,2,5-8,11-16H2,1H3,(H,23,27). The van der Waals surface area contributed by atoms with Gasteiger partial charge >= 0.3 is 0 Å². The second-order valence-corrected chi connectivity index (χ2v) is 8.41. The molecule has 2 fully saturated rings. The molecule has 5 heteroatoms. The summed E-state index contributed by atoms with van der Waals surface area (Å²) in [5.41, 5.74) is 1.82. The Morgan fingerprint density at radius 1 is 1.11 bits per heavy atom. The topological polar surface area (TPSA) is 52.7 Å². The quantitative estimate of drug-likeness (QED) is 0.887. The van der Waals surface area contributed by atoms with Crippen LogP contribution in [0.3, 0.4) is 0 Å². The van der Waals surface area contributed by atoms with Gasteiger partial charge in [0, 0.05) is 31.6 Å². The molecule has 1 unspecified atom stereocenters. The Balaban J connectivity index is 1.49. The maximum Gasteiger partial charge on any atom is 0.240 e. The summed E-state index contributed by atoms with van der Waals surface area (Å²) in [6, 6.07) is 8.07. The van der Waals surface area contributed by atoms with Crippen molar-refractivity contribution in [2.45, 2.75) is 62.8 Å². The molecule has 1 aromatic rings. The third-order valence-electron chi connectivity index (χ3n) is 6.86. The molecule has 0 bridgehead atoms. The molecule has 4 rings (SSSR count). The van der Waals surface area contributed by atoms with E-state index in [1.807, 2.05) is 25.2 Å². The number of hydrogen-bond donors (Lipinski definition) is 1. The Labute approximate surface area is 162 Å². The lowest BCUT2D eigenvalue weighted by Crippen LogP contribution is -2.59. The van der Waals surface area contributed by atoms with Gasteiger partial charge < -0.3 is 10.2 Å². The molecule has 1 N–H and O–H groups in total. The second kappa shape index (κ2) is 7.63. The van der Waals surface area contributed by atoms with Crippen molar-refractivity contribution in [2.75, 3.05) is 31.6 Å². The monoisotopic (exact) mass is 369 g/mol. The molecule has 1 aliphatic carbocycles. The van der Waals surface area contributed by atoms with E-state index in [0.29, 0.717) is 13.0 Å². The number of rotatable bonds is 4. The van der Waals surface area contributed by atoms with Crippen molar-refractivity contribution in [3.05, 3.63) is 29.8 Å². The van der Waals surface area contributed by atoms with Crippen molar-refractivity contribution in [3.63, 3.8) is 0 Å².